The van der Waals surface area contributed by atoms with Crippen molar-refractivity contribution in [2.24, 2.45) is 0 Å². The van der Waals surface area contributed by atoms with Gasteiger partial charge in [0, 0.05) is 11.8 Å². The van der Waals surface area contributed by atoms with Crippen LogP contribution in [0.3, 0.4) is 0 Å². The third-order valence-corrected chi connectivity index (χ3v) is 5.98. The number of anilines is 1. The molecule has 0 bridgehead atoms. The van der Waals surface area contributed by atoms with Gasteiger partial charge in [0.25, 0.3) is 11.3 Å². The number of alkyl halides is 3. The fourth-order valence-corrected chi connectivity index (χ4v) is 4.38. The summed E-state index contributed by atoms with van der Waals surface area (Å²) in [6, 6.07) is 14.4. The molecule has 0 spiro atoms. The third kappa shape index (κ3) is 4.16. The summed E-state index contributed by atoms with van der Waals surface area (Å²) in [4.78, 5) is 25.0. The van der Waals surface area contributed by atoms with E-state index in [0.29, 0.717) is 22.9 Å². The molecule has 0 amide bonds. The van der Waals surface area contributed by atoms with Crippen molar-refractivity contribution < 1.29 is 13.2 Å². The Kier molecular flexibility index (Phi) is 5.08. The number of fused-ring (bicyclic) bond motifs is 2. The number of benzene rings is 2. The Hall–Kier alpha value is -3.80. The van der Waals surface area contributed by atoms with Gasteiger partial charge in [-0.2, -0.15) is 22.7 Å². The van der Waals surface area contributed by atoms with E-state index in [1.165, 1.54) is 23.9 Å². The average Bonchev–Trinajstić information content (AvgIpc) is 3.32. The Morgan fingerprint density at radius 2 is 1.82 bits per heavy atom. The summed E-state index contributed by atoms with van der Waals surface area (Å²) < 4.78 is 42.6. The van der Waals surface area contributed by atoms with Crippen LogP contribution in [0.5, 0.6) is 0 Å². The summed E-state index contributed by atoms with van der Waals surface area (Å²) in [5.74, 6) is 0.473. The molecule has 12 heteroatoms. The Bertz CT molecular complexity index is 1520. The molecule has 0 unspecified atom stereocenters. The van der Waals surface area contributed by atoms with Crippen molar-refractivity contribution in [1.29, 1.82) is 0 Å². The zero-order chi connectivity index (χ0) is 23.2. The topological polar surface area (TPSA) is 107 Å². The van der Waals surface area contributed by atoms with Gasteiger partial charge in [-0.3, -0.25) is 9.89 Å². The van der Waals surface area contributed by atoms with Crippen molar-refractivity contribution in [2.45, 2.75) is 23.6 Å². The van der Waals surface area contributed by atoms with Gasteiger partial charge in [-0.05, 0) is 23.8 Å². The minimum atomic E-state index is -4.46. The van der Waals surface area contributed by atoms with Gasteiger partial charge in [-0.25, -0.2) is 9.97 Å². The fourth-order valence-electron chi connectivity index (χ4n) is 3.47. The highest BCUT2D eigenvalue weighted by Crippen LogP contribution is 2.33. The lowest BCUT2D eigenvalue weighted by molar-refractivity contribution is -0.137. The summed E-state index contributed by atoms with van der Waals surface area (Å²) in [6.45, 7) is 0.427. The molecule has 0 radical (unpaired) electrons. The number of aromatic amines is 1. The lowest BCUT2D eigenvalue weighted by Crippen LogP contribution is -2.15. The van der Waals surface area contributed by atoms with Crippen LogP contribution < -0.4 is 11.3 Å². The van der Waals surface area contributed by atoms with Crippen LogP contribution >= 0.6 is 11.8 Å². The highest BCUT2D eigenvalue weighted by Gasteiger charge is 2.31. The molecule has 8 nitrogen and oxygen atoms in total. The minimum absolute atomic E-state index is 0.0644. The molecule has 0 fully saturated rings. The van der Waals surface area contributed by atoms with Crippen LogP contribution in [0, 0.1) is 0 Å². The van der Waals surface area contributed by atoms with Crippen LogP contribution in [-0.2, 0) is 18.5 Å². The van der Waals surface area contributed by atoms with Crippen molar-refractivity contribution >= 4 is 34.5 Å². The Morgan fingerprint density at radius 1 is 1.03 bits per heavy atom. The molecule has 0 saturated heterocycles. The molecule has 5 rings (SSSR count). The Balaban J connectivity index is 1.53. The number of nitrogen functional groups attached to an aromatic ring is 1. The molecule has 168 valence electrons. The second-order valence-corrected chi connectivity index (χ2v) is 8.23. The number of H-pyrrole nitrogens is 1. The van der Waals surface area contributed by atoms with Gasteiger partial charge in [0.2, 0.25) is 5.95 Å². The van der Waals surface area contributed by atoms with Gasteiger partial charge in [-0.1, -0.05) is 42.1 Å². The van der Waals surface area contributed by atoms with E-state index < -0.39 is 11.7 Å². The number of nitrogens with zero attached hydrogens (tertiary/aromatic N) is 5. The van der Waals surface area contributed by atoms with E-state index in [1.54, 1.807) is 0 Å². The summed E-state index contributed by atoms with van der Waals surface area (Å²) in [6.07, 6.45) is -4.46. The van der Waals surface area contributed by atoms with Crippen LogP contribution in [0.4, 0.5) is 19.1 Å². The number of hydrogen-bond acceptors (Lipinski definition) is 6. The first-order chi connectivity index (χ1) is 15.8. The van der Waals surface area contributed by atoms with E-state index in [9.17, 15) is 18.0 Å². The predicted molar refractivity (Wildman–Crippen MR) is 118 cm³/mol. The molecule has 0 atom stereocenters. The monoisotopic (exact) mass is 471 g/mol. The molecular formula is C21H16F3N7OS. The van der Waals surface area contributed by atoms with Crippen molar-refractivity contribution in [1.82, 2.24) is 29.1 Å². The van der Waals surface area contributed by atoms with Crippen molar-refractivity contribution in [3.63, 3.8) is 0 Å². The maximum Gasteiger partial charge on any atom is 0.416 e. The van der Waals surface area contributed by atoms with Crippen LogP contribution in [0.2, 0.25) is 0 Å². The van der Waals surface area contributed by atoms with Gasteiger partial charge < -0.3 is 10.3 Å². The van der Waals surface area contributed by atoms with Gasteiger partial charge in [0.05, 0.1) is 28.8 Å². The molecule has 3 aromatic heterocycles. The number of thioether (sulfide) groups is 1. The number of rotatable bonds is 5. The van der Waals surface area contributed by atoms with Gasteiger partial charge in [0.15, 0.2) is 5.16 Å². The molecule has 33 heavy (non-hydrogen) atoms. The molecule has 3 heterocycles. The normalized spacial score (nSPS) is 12.1. The van der Waals surface area contributed by atoms with Crippen LogP contribution in [0.1, 0.15) is 16.8 Å². The number of nitrogens with one attached hydrogen (secondary N) is 1. The fraction of sp³-hybridized carbons (Fsp3) is 0.143. The molecular weight excluding hydrogens is 455 g/mol. The first kappa shape index (κ1) is 21.1. The maximum absolute atomic E-state index is 13.2. The maximum atomic E-state index is 13.2. The molecule has 2 aromatic carbocycles. The molecule has 3 N–H and O–H groups in total. The number of aromatic nitrogens is 6. The molecule has 0 aliphatic rings. The third-order valence-electron chi connectivity index (χ3n) is 4.97. The predicted octanol–water partition coefficient (Wildman–Crippen LogP) is 3.71. The average molecular weight is 471 g/mol. The Labute approximate surface area is 188 Å². The largest absolute Gasteiger partial charge is 0.416 e. The SMILES string of the molecule is Nc1nc2nc(CSc3nc4cc(C(F)(F)F)ccc4n3Cc3ccccc3)cc(=O)n2[nH]1. The number of nitrogens with two attached hydrogens (primary N) is 1. The molecule has 0 aliphatic carbocycles. The lowest BCUT2D eigenvalue weighted by atomic mass is 10.2. The zero-order valence-electron chi connectivity index (χ0n) is 16.9. The zero-order valence-corrected chi connectivity index (χ0v) is 17.7. The van der Waals surface area contributed by atoms with Crippen LogP contribution in [0.15, 0.2) is 64.5 Å². The smallest absolute Gasteiger partial charge is 0.368 e. The Morgan fingerprint density at radius 3 is 2.58 bits per heavy atom. The molecule has 0 saturated carbocycles. The standard InChI is InChI=1S/C21H16F3N7OS/c22-21(23,24)13-6-7-16-15(8-13)27-20(30(16)10-12-4-2-1-3-5-12)33-11-14-9-17(32)31-19(26-14)28-18(25)29-31/h1-9H,10-11H2,(H3,25,26,28,29). The summed E-state index contributed by atoms with van der Waals surface area (Å²) in [5.41, 5.74) is 6.71. The first-order valence-corrected chi connectivity index (χ1v) is 10.7. The van der Waals surface area contributed by atoms with Crippen molar-refractivity contribution in [3.05, 3.63) is 81.8 Å². The first-order valence-electron chi connectivity index (χ1n) is 9.76. The van der Waals surface area contributed by atoms with E-state index in [-0.39, 0.29) is 28.6 Å². The van der Waals surface area contributed by atoms with Crippen molar-refractivity contribution in [3.8, 4) is 0 Å². The second kappa shape index (κ2) is 7.96. The summed E-state index contributed by atoms with van der Waals surface area (Å²) >= 11 is 1.27. The van der Waals surface area contributed by atoms with E-state index in [4.69, 9.17) is 5.73 Å². The van der Waals surface area contributed by atoms with E-state index >= 15 is 0 Å². The van der Waals surface area contributed by atoms with Gasteiger partial charge >= 0.3 is 6.18 Å². The van der Waals surface area contributed by atoms with Crippen molar-refractivity contribution in [2.75, 3.05) is 5.73 Å². The van der Waals surface area contributed by atoms with Gasteiger partial charge in [-0.15, -0.1) is 0 Å². The van der Waals surface area contributed by atoms with E-state index in [2.05, 4.69) is 20.1 Å². The van der Waals surface area contributed by atoms with Crippen LogP contribution in [-0.4, -0.2) is 29.1 Å². The number of hydrogen-bond donors (Lipinski definition) is 2. The van der Waals surface area contributed by atoms with E-state index in [1.807, 2.05) is 34.9 Å². The number of halogens is 3. The summed E-state index contributed by atoms with van der Waals surface area (Å²) in [5, 5.41) is 3.10. The highest BCUT2D eigenvalue weighted by molar-refractivity contribution is 7.98. The molecule has 0 aliphatic heterocycles. The van der Waals surface area contributed by atoms with Crippen LogP contribution in [0.25, 0.3) is 16.8 Å². The summed E-state index contributed by atoms with van der Waals surface area (Å²) in [7, 11) is 0. The second-order valence-electron chi connectivity index (χ2n) is 7.29. The lowest BCUT2D eigenvalue weighted by Gasteiger charge is -2.10. The quantitative estimate of drug-likeness (QED) is 0.379. The highest BCUT2D eigenvalue weighted by atomic mass is 32.2. The molecule has 5 aromatic rings. The minimum Gasteiger partial charge on any atom is -0.368 e. The number of imidazole rings is 1. The van der Waals surface area contributed by atoms with E-state index in [0.717, 1.165) is 22.2 Å². The van der Waals surface area contributed by atoms with Gasteiger partial charge in [0.1, 0.15) is 0 Å².